The summed E-state index contributed by atoms with van der Waals surface area (Å²) in [7, 11) is 1.59. The van der Waals surface area contributed by atoms with Crippen molar-refractivity contribution in [2.75, 3.05) is 31.6 Å². The maximum Gasteiger partial charge on any atom is 0.276 e. The standard InChI is InChI=1S/C25H23N5O3/c1-33-21-10-5-9-20(14-21)30-13-12-28(17-24(30)31)25(32)23-16-29(27-26-23)15-19-8-4-7-18-6-2-3-11-22(18)19/h2-11,14,16H,12-13,15,17H2,1H3. The molecule has 2 amide bonds. The predicted octanol–water partition coefficient (Wildman–Crippen LogP) is 2.98. The Labute approximate surface area is 191 Å². The van der Waals surface area contributed by atoms with Gasteiger partial charge in [0, 0.05) is 24.8 Å². The van der Waals surface area contributed by atoms with Crippen LogP contribution < -0.4 is 9.64 Å². The van der Waals surface area contributed by atoms with Crippen LogP contribution in [-0.2, 0) is 11.3 Å². The van der Waals surface area contributed by atoms with Crippen molar-refractivity contribution in [2.45, 2.75) is 6.54 Å². The normalized spacial score (nSPS) is 14.0. The minimum absolute atomic E-state index is 0.00771. The van der Waals surface area contributed by atoms with Gasteiger partial charge in [0.2, 0.25) is 5.91 Å². The van der Waals surface area contributed by atoms with Gasteiger partial charge >= 0.3 is 0 Å². The fourth-order valence-corrected chi connectivity index (χ4v) is 4.14. The third-order valence-electron chi connectivity index (χ3n) is 5.84. The Balaban J connectivity index is 1.28. The van der Waals surface area contributed by atoms with E-state index in [-0.39, 0.29) is 24.1 Å². The molecule has 0 aliphatic carbocycles. The highest BCUT2D eigenvalue weighted by Gasteiger charge is 2.30. The summed E-state index contributed by atoms with van der Waals surface area (Å²) in [6.07, 6.45) is 1.64. The first-order valence-electron chi connectivity index (χ1n) is 10.7. The lowest BCUT2D eigenvalue weighted by molar-refractivity contribution is -0.120. The van der Waals surface area contributed by atoms with Gasteiger partial charge in [-0.15, -0.1) is 5.10 Å². The number of aromatic nitrogens is 3. The van der Waals surface area contributed by atoms with Crippen LogP contribution in [0.2, 0.25) is 0 Å². The smallest absolute Gasteiger partial charge is 0.276 e. The number of methoxy groups -OCH3 is 1. The van der Waals surface area contributed by atoms with Crippen LogP contribution >= 0.6 is 0 Å². The first kappa shape index (κ1) is 20.7. The van der Waals surface area contributed by atoms with E-state index >= 15 is 0 Å². The zero-order valence-corrected chi connectivity index (χ0v) is 18.2. The molecule has 5 rings (SSSR count). The summed E-state index contributed by atoms with van der Waals surface area (Å²) in [5.74, 6) is 0.241. The summed E-state index contributed by atoms with van der Waals surface area (Å²) in [5.41, 5.74) is 2.09. The third-order valence-corrected chi connectivity index (χ3v) is 5.84. The summed E-state index contributed by atoms with van der Waals surface area (Å²) in [5, 5.41) is 10.5. The highest BCUT2D eigenvalue weighted by Crippen LogP contribution is 2.23. The number of carbonyl (C=O) groups excluding carboxylic acids is 2. The number of carbonyl (C=O) groups is 2. The van der Waals surface area contributed by atoms with Gasteiger partial charge in [0.05, 0.1) is 19.9 Å². The van der Waals surface area contributed by atoms with Crippen LogP contribution in [0.25, 0.3) is 10.8 Å². The van der Waals surface area contributed by atoms with Gasteiger partial charge in [-0.3, -0.25) is 9.59 Å². The van der Waals surface area contributed by atoms with Crippen molar-refractivity contribution in [2.24, 2.45) is 0 Å². The van der Waals surface area contributed by atoms with E-state index in [1.54, 1.807) is 22.9 Å². The maximum atomic E-state index is 13.0. The fraction of sp³-hybridized carbons (Fsp3) is 0.200. The highest BCUT2D eigenvalue weighted by molar-refractivity contribution is 6.01. The molecule has 166 valence electrons. The fourth-order valence-electron chi connectivity index (χ4n) is 4.14. The molecule has 33 heavy (non-hydrogen) atoms. The van der Waals surface area contributed by atoms with Gasteiger partial charge < -0.3 is 14.5 Å². The van der Waals surface area contributed by atoms with E-state index in [4.69, 9.17) is 4.74 Å². The molecule has 8 heteroatoms. The van der Waals surface area contributed by atoms with Crippen LogP contribution in [-0.4, -0.2) is 58.5 Å². The van der Waals surface area contributed by atoms with Crippen LogP contribution in [0.5, 0.6) is 5.75 Å². The first-order valence-corrected chi connectivity index (χ1v) is 10.7. The van der Waals surface area contributed by atoms with Gasteiger partial charge in [-0.2, -0.15) is 0 Å². The largest absolute Gasteiger partial charge is 0.497 e. The number of nitrogens with zero attached hydrogens (tertiary/aromatic N) is 5. The van der Waals surface area contributed by atoms with E-state index < -0.39 is 0 Å². The van der Waals surface area contributed by atoms with Crippen LogP contribution in [0.3, 0.4) is 0 Å². The topological polar surface area (TPSA) is 80.6 Å². The Bertz CT molecular complexity index is 1330. The van der Waals surface area contributed by atoms with E-state index in [9.17, 15) is 9.59 Å². The number of hydrogen-bond donors (Lipinski definition) is 0. The van der Waals surface area contributed by atoms with Gasteiger partial charge in [0.25, 0.3) is 5.91 Å². The van der Waals surface area contributed by atoms with Crippen molar-refractivity contribution in [3.63, 3.8) is 0 Å². The molecule has 1 aliphatic heterocycles. The first-order chi connectivity index (χ1) is 16.1. The number of fused-ring (bicyclic) bond motifs is 1. The molecular weight excluding hydrogens is 418 g/mol. The van der Waals surface area contributed by atoms with Crippen molar-refractivity contribution in [3.8, 4) is 5.75 Å². The number of hydrogen-bond acceptors (Lipinski definition) is 5. The molecule has 0 atom stereocenters. The molecule has 0 saturated carbocycles. The molecule has 4 aromatic rings. The van der Waals surface area contributed by atoms with Gasteiger partial charge in [0.1, 0.15) is 12.3 Å². The average molecular weight is 441 g/mol. The van der Waals surface area contributed by atoms with Crippen molar-refractivity contribution in [1.82, 2.24) is 19.9 Å². The lowest BCUT2D eigenvalue weighted by atomic mass is 10.0. The predicted molar refractivity (Wildman–Crippen MR) is 124 cm³/mol. The number of piperazine rings is 1. The molecule has 0 unspecified atom stereocenters. The second kappa shape index (κ2) is 8.74. The number of ether oxygens (including phenoxy) is 1. The van der Waals surface area contributed by atoms with Crippen molar-refractivity contribution >= 4 is 28.3 Å². The van der Waals surface area contributed by atoms with Crippen LogP contribution in [0.4, 0.5) is 5.69 Å². The molecule has 1 aliphatic rings. The second-order valence-corrected chi connectivity index (χ2v) is 7.91. The van der Waals surface area contributed by atoms with Crippen LogP contribution in [0, 0.1) is 0 Å². The zero-order chi connectivity index (χ0) is 22.8. The quantitative estimate of drug-likeness (QED) is 0.476. The highest BCUT2D eigenvalue weighted by atomic mass is 16.5. The molecule has 0 N–H and O–H groups in total. The number of amides is 2. The van der Waals surface area contributed by atoms with Crippen LogP contribution in [0.15, 0.2) is 72.9 Å². The van der Waals surface area contributed by atoms with E-state index in [2.05, 4.69) is 28.5 Å². The van der Waals surface area contributed by atoms with Crippen LogP contribution in [0.1, 0.15) is 16.1 Å². The van der Waals surface area contributed by atoms with Gasteiger partial charge in [-0.1, -0.05) is 53.7 Å². The van der Waals surface area contributed by atoms with Gasteiger partial charge in [0.15, 0.2) is 5.69 Å². The molecule has 1 aromatic heterocycles. The monoisotopic (exact) mass is 441 g/mol. The SMILES string of the molecule is COc1cccc(N2CCN(C(=O)c3cn(Cc4cccc5ccccc45)nn3)CC2=O)c1. The summed E-state index contributed by atoms with van der Waals surface area (Å²) in [6.45, 7) is 1.32. The molecule has 8 nitrogen and oxygen atoms in total. The van der Waals surface area contributed by atoms with E-state index in [1.807, 2.05) is 48.5 Å². The van der Waals surface area contributed by atoms with Gasteiger partial charge in [-0.05, 0) is 28.5 Å². The molecular formula is C25H23N5O3. The second-order valence-electron chi connectivity index (χ2n) is 7.91. The maximum absolute atomic E-state index is 13.0. The molecule has 1 fully saturated rings. The Morgan fingerprint density at radius 2 is 1.85 bits per heavy atom. The van der Waals surface area contributed by atoms with Gasteiger partial charge in [-0.25, -0.2) is 4.68 Å². The minimum Gasteiger partial charge on any atom is -0.497 e. The number of rotatable bonds is 5. The third kappa shape index (κ3) is 4.15. The van der Waals surface area contributed by atoms with E-state index in [0.717, 1.165) is 22.0 Å². The molecule has 2 heterocycles. The van der Waals surface area contributed by atoms with E-state index in [0.29, 0.717) is 25.4 Å². The lowest BCUT2D eigenvalue weighted by Crippen LogP contribution is -2.52. The molecule has 0 radical (unpaired) electrons. The Kier molecular flexibility index (Phi) is 5.48. The summed E-state index contributed by atoms with van der Waals surface area (Å²) < 4.78 is 6.90. The average Bonchev–Trinajstić information content (AvgIpc) is 3.32. The summed E-state index contributed by atoms with van der Waals surface area (Å²) in [6, 6.07) is 21.6. The Morgan fingerprint density at radius 3 is 2.70 bits per heavy atom. The zero-order valence-electron chi connectivity index (χ0n) is 18.2. The van der Waals surface area contributed by atoms with Crippen molar-refractivity contribution < 1.29 is 14.3 Å². The number of benzene rings is 3. The Hall–Kier alpha value is -4.20. The van der Waals surface area contributed by atoms with E-state index in [1.165, 1.54) is 4.90 Å². The molecule has 3 aromatic carbocycles. The molecule has 1 saturated heterocycles. The summed E-state index contributed by atoms with van der Waals surface area (Å²) >= 11 is 0. The lowest BCUT2D eigenvalue weighted by Gasteiger charge is -2.34. The summed E-state index contributed by atoms with van der Waals surface area (Å²) in [4.78, 5) is 28.9. The Morgan fingerprint density at radius 1 is 1.03 bits per heavy atom. The van der Waals surface area contributed by atoms with Crippen molar-refractivity contribution in [3.05, 3.63) is 84.2 Å². The molecule has 0 bridgehead atoms. The minimum atomic E-state index is -0.294. The number of anilines is 1. The molecule has 0 spiro atoms. The van der Waals surface area contributed by atoms with Crippen molar-refractivity contribution in [1.29, 1.82) is 0 Å².